The molecule has 1 amide bonds. The number of nitrogens with one attached hydrogen (secondary N) is 3. The predicted molar refractivity (Wildman–Crippen MR) is 289 cm³/mol. The third kappa shape index (κ3) is 41.9. The fraction of sp³-hybridized carbons (Fsp3) is 0.774. The summed E-state index contributed by atoms with van der Waals surface area (Å²) in [6, 6.07) is 6.50. The molecule has 396 valence electrons. The number of hydrogen-bond acceptors (Lipinski definition) is 13. The van der Waals surface area contributed by atoms with E-state index in [1.165, 1.54) is 35.7 Å². The van der Waals surface area contributed by atoms with E-state index < -0.39 is 24.0 Å². The van der Waals surface area contributed by atoms with Crippen LogP contribution in [0.25, 0.3) is 0 Å². The van der Waals surface area contributed by atoms with E-state index in [2.05, 4.69) is 104 Å². The average Bonchev–Trinajstić information content (AvgIpc) is 3.24. The Bertz CT molecular complexity index is 1590. The standard InChI is InChI=1S/C26H42N7O3.C9H20.C7H14O2.C5H12O.C3H6O.3CH3.Sn/c1-7-12-32(14-15-33(13-8-2)19-24(35)36-26(4,5)6)18-23(34)27-17-21-10-9-11-22(16-21)25-30-28-20(3)29-31-25;1-4-6-7-8-9(3)5-2;1-5-6(8)9-7(2,3)4;1-5(2,3)6-4;1-2-3-4;;;;/h10-11,16H,7-8,12-15,17-19H2,1-6H3,(H,27,34)(H,28,29)(H,30,31);9H,4-8H2,1-3H3;5H2,1-4H3;1-4H3;3H,2H2,1H3;3*1H3;. The maximum Gasteiger partial charge on any atom is 0.0594 e. The Labute approximate surface area is 420 Å². The molecule has 1 aromatic carbocycles. The second-order valence-electron chi connectivity index (χ2n) is 21.3. The first-order valence-corrected chi connectivity index (χ1v) is 35.4. The molecule has 1 atom stereocenters. The Morgan fingerprint density at radius 3 is 1.63 bits per heavy atom. The van der Waals surface area contributed by atoms with Crippen molar-refractivity contribution in [3.05, 3.63) is 29.3 Å². The van der Waals surface area contributed by atoms with Crippen LogP contribution in [0.1, 0.15) is 187 Å². The largest absolute Gasteiger partial charge is 0.379 e. The Morgan fingerprint density at radius 1 is 0.735 bits per heavy atom. The molecule has 1 heterocycles. The molecule has 2 rings (SSSR count). The van der Waals surface area contributed by atoms with Gasteiger partial charge < -0.3 is 19.0 Å². The quantitative estimate of drug-likeness (QED) is 0.0438. The normalized spacial score (nSPS) is 12.9. The minimum absolute atomic E-state index is 0.0103. The summed E-state index contributed by atoms with van der Waals surface area (Å²) < 4.78 is 16.8. The van der Waals surface area contributed by atoms with Gasteiger partial charge in [0.15, 0.2) is 0 Å². The molecule has 0 aliphatic carbocycles. The number of carbonyl (C=O) groups excluding carboxylic acids is 4. The number of benzene rings is 1. The molecule has 0 aromatic heterocycles. The number of carbonyl (C=O) groups is 4. The van der Waals surface area contributed by atoms with Crippen molar-refractivity contribution in [3.63, 3.8) is 0 Å². The van der Waals surface area contributed by atoms with Crippen LogP contribution in [-0.4, -0.2) is 127 Å². The zero-order valence-electron chi connectivity index (χ0n) is 47.3. The van der Waals surface area contributed by atoms with Crippen molar-refractivity contribution in [3.8, 4) is 0 Å². The van der Waals surface area contributed by atoms with Gasteiger partial charge in [-0.1, -0.05) is 73.6 Å². The molecule has 0 saturated heterocycles. The number of hydrogen-bond donors (Lipinski definition) is 3. The van der Waals surface area contributed by atoms with Crippen LogP contribution in [0.15, 0.2) is 28.4 Å². The smallest absolute Gasteiger partial charge is 0.0594 e. The van der Waals surface area contributed by atoms with Gasteiger partial charge in [-0.25, -0.2) is 0 Å². The molecule has 15 heteroatoms. The van der Waals surface area contributed by atoms with Crippen LogP contribution in [0.4, 0.5) is 0 Å². The second-order valence-corrected chi connectivity index (χ2v) is 35.8. The van der Waals surface area contributed by atoms with Crippen molar-refractivity contribution in [1.29, 1.82) is 0 Å². The van der Waals surface area contributed by atoms with Gasteiger partial charge in [0, 0.05) is 20.0 Å². The van der Waals surface area contributed by atoms with Gasteiger partial charge in [-0.3, -0.25) is 9.59 Å². The van der Waals surface area contributed by atoms with Gasteiger partial charge in [0.05, 0.1) is 5.60 Å². The summed E-state index contributed by atoms with van der Waals surface area (Å²) in [6.07, 6.45) is 10.9. The number of methoxy groups -OCH3 is 1. The van der Waals surface area contributed by atoms with E-state index in [1.54, 1.807) is 14.0 Å². The summed E-state index contributed by atoms with van der Waals surface area (Å²) in [4.78, 5) is 56.6. The van der Waals surface area contributed by atoms with E-state index in [0.29, 0.717) is 50.7 Å². The van der Waals surface area contributed by atoms with Gasteiger partial charge in [0.25, 0.3) is 0 Å². The number of nitrogens with zero attached hydrogens (tertiary/aromatic N) is 4. The summed E-state index contributed by atoms with van der Waals surface area (Å²) in [5, 5.41) is 11.8. The number of aldehydes is 1. The maximum atomic E-state index is 13.0. The fourth-order valence-electron chi connectivity index (χ4n) is 5.65. The summed E-state index contributed by atoms with van der Waals surface area (Å²) in [5.74, 6) is 1.98. The maximum absolute atomic E-state index is 13.0. The van der Waals surface area contributed by atoms with Crippen molar-refractivity contribution in [2.45, 2.75) is 214 Å². The third-order valence-electron chi connectivity index (χ3n) is 9.72. The van der Waals surface area contributed by atoms with Gasteiger partial charge in [-0.05, 0) is 74.7 Å². The van der Waals surface area contributed by atoms with Crippen LogP contribution in [-0.2, 0) is 39.9 Å². The van der Waals surface area contributed by atoms with E-state index in [9.17, 15) is 19.2 Å². The minimum Gasteiger partial charge on any atom is -0.379 e. The topological polar surface area (TPSA) is 163 Å². The number of hydrazone groups is 2. The molecule has 0 radical (unpaired) electrons. The molecule has 1 aliphatic rings. The Kier molecular flexibility index (Phi) is 38.4. The van der Waals surface area contributed by atoms with E-state index >= 15 is 0 Å². The van der Waals surface area contributed by atoms with Crippen LogP contribution in [0.2, 0.25) is 14.8 Å². The molecular formula is C53H103N7O7Sn. The number of unbranched alkanes of at least 4 members (excludes halogenated alkanes) is 2. The van der Waals surface area contributed by atoms with Gasteiger partial charge in [-0.2, -0.15) is 0 Å². The number of amides is 1. The van der Waals surface area contributed by atoms with E-state index in [-0.39, 0.29) is 35.6 Å². The first-order valence-electron chi connectivity index (χ1n) is 25.4. The third-order valence-corrected chi connectivity index (χ3v) is 15.5. The Hall–Kier alpha value is -3.08. The van der Waals surface area contributed by atoms with Crippen LogP contribution < -0.4 is 19.7 Å². The molecule has 14 nitrogen and oxygen atoms in total. The van der Waals surface area contributed by atoms with Crippen LogP contribution in [0.3, 0.4) is 0 Å². The van der Waals surface area contributed by atoms with E-state index in [4.69, 9.17) is 14.2 Å². The zero-order valence-corrected chi connectivity index (χ0v) is 50.2. The molecule has 3 N–H and O–H groups in total. The van der Waals surface area contributed by atoms with Crippen molar-refractivity contribution in [2.75, 3.05) is 46.4 Å². The van der Waals surface area contributed by atoms with Gasteiger partial charge >= 0.3 is 203 Å². The molecule has 1 aromatic rings. The average molecular weight is 1070 g/mol. The Balaban J connectivity index is -0.00000121. The second kappa shape index (κ2) is 37.7. The first-order chi connectivity index (χ1) is 31.4. The van der Waals surface area contributed by atoms with Crippen LogP contribution >= 0.6 is 0 Å². The number of ether oxygens (including phenoxy) is 3. The molecule has 0 saturated carbocycles. The fourth-order valence-corrected chi connectivity index (χ4v) is 9.09. The van der Waals surface area contributed by atoms with Gasteiger partial charge in [0.1, 0.15) is 17.5 Å². The number of esters is 2. The summed E-state index contributed by atoms with van der Waals surface area (Å²) in [7, 11) is 1.71. The van der Waals surface area contributed by atoms with Crippen molar-refractivity contribution >= 4 is 57.8 Å². The molecule has 0 spiro atoms. The summed E-state index contributed by atoms with van der Waals surface area (Å²) in [5.41, 5.74) is 7.18. The predicted octanol–water partition coefficient (Wildman–Crippen LogP) is 10.2. The molecule has 1 aliphatic heterocycles. The first kappa shape index (κ1) is 69.2. The summed E-state index contributed by atoms with van der Waals surface area (Å²) >= 11 is -2.41. The van der Waals surface area contributed by atoms with Gasteiger partial charge in [-0.15, -0.1) is 0 Å². The van der Waals surface area contributed by atoms with E-state index in [0.717, 1.165) is 49.3 Å². The molecular weight excluding hydrogens is 965 g/mol. The monoisotopic (exact) mass is 1070 g/mol. The molecule has 1 unspecified atom stereocenters. The van der Waals surface area contributed by atoms with Crippen molar-refractivity contribution in [2.24, 2.45) is 16.1 Å². The zero-order chi connectivity index (χ0) is 53.1. The SMILES string of the molecule is CCC(=O)OC(C)(C)C.CCC=O.CCCCCC(C)CC.CCCN(CCN(CCC)CC(=O)OC(C)(C)C)CC(=O)NCc1cc(C2=NNC(C)=NN2)c[c]([Sn]([CH3])([CH3])[CH3])c1.COC(C)(C)C. The number of rotatable bonds is 22. The van der Waals surface area contributed by atoms with Crippen LogP contribution in [0, 0.1) is 5.92 Å². The van der Waals surface area contributed by atoms with Crippen molar-refractivity contribution in [1.82, 2.24) is 26.0 Å². The summed E-state index contributed by atoms with van der Waals surface area (Å²) in [6.45, 7) is 37.9. The number of amidine groups is 2. The van der Waals surface area contributed by atoms with Crippen molar-refractivity contribution < 1.29 is 33.4 Å². The van der Waals surface area contributed by atoms with Gasteiger partial charge in [0.2, 0.25) is 0 Å². The molecule has 68 heavy (non-hydrogen) atoms. The molecule has 0 bridgehead atoms. The molecule has 0 fully saturated rings. The van der Waals surface area contributed by atoms with Crippen LogP contribution in [0.5, 0.6) is 0 Å². The van der Waals surface area contributed by atoms with E-state index in [1.807, 2.05) is 76.2 Å². The Morgan fingerprint density at radius 2 is 1.25 bits per heavy atom. The minimum atomic E-state index is -2.41.